The summed E-state index contributed by atoms with van der Waals surface area (Å²) < 4.78 is 6.87. The number of fused-ring (bicyclic) bond motifs is 7. The van der Waals surface area contributed by atoms with Gasteiger partial charge in [0.2, 0.25) is 0 Å². The molecule has 0 unspecified atom stereocenters. The molecule has 0 amide bonds. The average Bonchev–Trinajstić information content (AvgIpc) is 3.59. The summed E-state index contributed by atoms with van der Waals surface area (Å²) in [6.45, 7) is 7.41. The summed E-state index contributed by atoms with van der Waals surface area (Å²) in [6.07, 6.45) is 0. The lowest BCUT2D eigenvalue weighted by molar-refractivity contribution is 0.673. The molecule has 0 saturated heterocycles. The van der Waals surface area contributed by atoms with E-state index in [1.165, 1.54) is 0 Å². The largest absolute Gasteiger partial charge is 0.455 e. The predicted octanol–water partition coefficient (Wildman–Crippen LogP) is 12.4. The van der Waals surface area contributed by atoms with Gasteiger partial charge in [0.1, 0.15) is 11.2 Å². The monoisotopic (exact) mass is 650 g/mol. The number of hydrogen-bond donors (Lipinski definition) is 0. The summed E-state index contributed by atoms with van der Waals surface area (Å²) in [5, 5.41) is 8.48. The topological polar surface area (TPSA) is 56.2 Å². The van der Waals surface area contributed by atoms with Gasteiger partial charge in [-0.3, -0.25) is 0 Å². The highest BCUT2D eigenvalue weighted by atomic mass is 16.3. The Labute approximate surface area is 292 Å². The Hall–Kier alpha value is -7.16. The van der Waals surface area contributed by atoms with Gasteiger partial charge in [0.15, 0.2) is 23.2 Å². The van der Waals surface area contributed by atoms with E-state index in [-0.39, 0.29) is 0 Å². The van der Waals surface area contributed by atoms with Gasteiger partial charge in [-0.2, -0.15) is 0 Å². The molecule has 0 bridgehead atoms. The Morgan fingerprint density at radius 1 is 0.392 bits per heavy atom. The third-order valence-electron chi connectivity index (χ3n) is 9.75. The standard InChI is InChI=1S/C46H26N4O/c1-47-31-25-23-30(24-26-31)40-27-41-36-19-10-22-39(42(36)51-43(41)35-18-7-6-17-34(35)40)46-49-44(37-20-8-13-28-11-2-4-15-32(28)37)48-45(50-46)38-21-9-14-29-12-3-5-16-33(29)38/h2-27H. The zero-order chi connectivity index (χ0) is 33.9. The van der Waals surface area contributed by atoms with E-state index >= 15 is 0 Å². The van der Waals surface area contributed by atoms with E-state index in [1.54, 1.807) is 0 Å². The molecule has 0 aliphatic heterocycles. The molecule has 0 aliphatic carbocycles. The number of para-hydroxylation sites is 1. The van der Waals surface area contributed by atoms with Crippen LogP contribution in [-0.2, 0) is 0 Å². The Bertz CT molecular complexity index is 2940. The first-order chi connectivity index (χ1) is 25.2. The Kier molecular flexibility index (Phi) is 6.48. The van der Waals surface area contributed by atoms with Gasteiger partial charge in [-0.05, 0) is 50.2 Å². The molecule has 0 atom stereocenters. The van der Waals surface area contributed by atoms with E-state index in [0.29, 0.717) is 23.2 Å². The number of nitrogens with zero attached hydrogens (tertiary/aromatic N) is 4. The minimum atomic E-state index is 0.541. The predicted molar refractivity (Wildman–Crippen MR) is 208 cm³/mol. The molecule has 5 heteroatoms. The van der Waals surface area contributed by atoms with Crippen LogP contribution in [0.15, 0.2) is 162 Å². The highest BCUT2D eigenvalue weighted by Gasteiger charge is 2.21. The smallest absolute Gasteiger partial charge is 0.187 e. The summed E-state index contributed by atoms with van der Waals surface area (Å²) in [5.74, 6) is 1.74. The van der Waals surface area contributed by atoms with E-state index in [1.807, 2.05) is 72.8 Å². The van der Waals surface area contributed by atoms with Crippen LogP contribution < -0.4 is 0 Å². The van der Waals surface area contributed by atoms with Crippen molar-refractivity contribution in [2.24, 2.45) is 0 Å². The van der Waals surface area contributed by atoms with Gasteiger partial charge in [-0.25, -0.2) is 19.8 Å². The minimum Gasteiger partial charge on any atom is -0.455 e. The molecule has 10 rings (SSSR count). The first kappa shape index (κ1) is 28.8. The lowest BCUT2D eigenvalue weighted by atomic mass is 9.95. The third kappa shape index (κ3) is 4.66. The first-order valence-electron chi connectivity index (χ1n) is 16.8. The molecule has 0 N–H and O–H groups in total. The normalized spacial score (nSPS) is 11.5. The maximum absolute atomic E-state index is 7.41. The highest BCUT2D eigenvalue weighted by molar-refractivity contribution is 6.20. The van der Waals surface area contributed by atoms with E-state index in [0.717, 1.165) is 82.1 Å². The number of hydrogen-bond acceptors (Lipinski definition) is 4. The van der Waals surface area contributed by atoms with Crippen molar-refractivity contribution in [1.29, 1.82) is 0 Å². The van der Waals surface area contributed by atoms with Gasteiger partial charge < -0.3 is 4.42 Å². The second kappa shape index (κ2) is 11.5. The maximum atomic E-state index is 7.41. The molecule has 5 nitrogen and oxygen atoms in total. The van der Waals surface area contributed by atoms with Gasteiger partial charge in [-0.15, -0.1) is 0 Å². The van der Waals surface area contributed by atoms with Crippen LogP contribution in [0.25, 0.3) is 104 Å². The van der Waals surface area contributed by atoms with E-state index in [9.17, 15) is 0 Å². The van der Waals surface area contributed by atoms with Crippen LogP contribution in [0.4, 0.5) is 5.69 Å². The molecule has 2 heterocycles. The molecular weight excluding hydrogens is 625 g/mol. The zero-order valence-corrected chi connectivity index (χ0v) is 27.2. The van der Waals surface area contributed by atoms with E-state index in [2.05, 4.69) is 89.8 Å². The van der Waals surface area contributed by atoms with Crippen molar-refractivity contribution in [3.05, 3.63) is 169 Å². The van der Waals surface area contributed by atoms with Crippen LogP contribution in [0.1, 0.15) is 0 Å². The van der Waals surface area contributed by atoms with Gasteiger partial charge in [0, 0.05) is 27.3 Å². The van der Waals surface area contributed by atoms with E-state index in [4.69, 9.17) is 25.9 Å². The molecule has 236 valence electrons. The molecule has 2 aromatic heterocycles. The second-order valence-electron chi connectivity index (χ2n) is 12.6. The van der Waals surface area contributed by atoms with Gasteiger partial charge in [0.25, 0.3) is 0 Å². The summed E-state index contributed by atoms with van der Waals surface area (Å²) >= 11 is 0. The number of furan rings is 1. The fraction of sp³-hybridized carbons (Fsp3) is 0. The van der Waals surface area contributed by atoms with Gasteiger partial charge in [-0.1, -0.05) is 146 Å². The van der Waals surface area contributed by atoms with Crippen molar-refractivity contribution in [3.8, 4) is 45.3 Å². The van der Waals surface area contributed by atoms with Crippen molar-refractivity contribution in [2.45, 2.75) is 0 Å². The molecule has 51 heavy (non-hydrogen) atoms. The van der Waals surface area contributed by atoms with Crippen LogP contribution >= 0.6 is 0 Å². The van der Waals surface area contributed by atoms with Crippen molar-refractivity contribution < 1.29 is 4.42 Å². The quantitative estimate of drug-likeness (QED) is 0.178. The Morgan fingerprint density at radius 2 is 0.863 bits per heavy atom. The fourth-order valence-electron chi connectivity index (χ4n) is 7.33. The van der Waals surface area contributed by atoms with Crippen molar-refractivity contribution >= 4 is 59.9 Å². The van der Waals surface area contributed by atoms with Crippen LogP contribution in [0.5, 0.6) is 0 Å². The van der Waals surface area contributed by atoms with E-state index < -0.39 is 0 Å². The van der Waals surface area contributed by atoms with Crippen LogP contribution in [0.2, 0.25) is 0 Å². The van der Waals surface area contributed by atoms with Crippen molar-refractivity contribution in [3.63, 3.8) is 0 Å². The van der Waals surface area contributed by atoms with Crippen LogP contribution in [0, 0.1) is 6.57 Å². The second-order valence-corrected chi connectivity index (χ2v) is 12.6. The van der Waals surface area contributed by atoms with Crippen LogP contribution in [-0.4, -0.2) is 15.0 Å². The summed E-state index contributed by atoms with van der Waals surface area (Å²) in [4.78, 5) is 19.1. The van der Waals surface area contributed by atoms with Crippen molar-refractivity contribution in [1.82, 2.24) is 15.0 Å². The molecule has 0 fully saturated rings. The third-order valence-corrected chi connectivity index (χ3v) is 9.75. The molecule has 0 saturated carbocycles. The number of rotatable bonds is 4. The molecular formula is C46H26N4O. The molecule has 10 aromatic rings. The molecule has 0 aliphatic rings. The lowest BCUT2D eigenvalue weighted by Crippen LogP contribution is -2.01. The SMILES string of the molecule is [C-]#[N+]c1ccc(-c2cc3c4cccc(-c5nc(-c6cccc7ccccc67)nc(-c6cccc7ccccc67)n5)c4oc3c3ccccc23)cc1. The van der Waals surface area contributed by atoms with Crippen LogP contribution in [0.3, 0.4) is 0 Å². The zero-order valence-electron chi connectivity index (χ0n) is 27.2. The molecule has 0 spiro atoms. The summed E-state index contributed by atoms with van der Waals surface area (Å²) in [6, 6.07) is 53.6. The highest BCUT2D eigenvalue weighted by Crippen LogP contribution is 2.43. The number of benzene rings is 8. The van der Waals surface area contributed by atoms with Crippen molar-refractivity contribution in [2.75, 3.05) is 0 Å². The summed E-state index contributed by atoms with van der Waals surface area (Å²) in [7, 11) is 0. The lowest BCUT2D eigenvalue weighted by Gasteiger charge is -2.11. The van der Waals surface area contributed by atoms with Gasteiger partial charge in [0.05, 0.1) is 12.1 Å². The molecule has 8 aromatic carbocycles. The maximum Gasteiger partial charge on any atom is 0.187 e. The first-order valence-corrected chi connectivity index (χ1v) is 16.8. The number of aromatic nitrogens is 3. The molecule has 0 radical (unpaired) electrons. The summed E-state index contributed by atoms with van der Waals surface area (Å²) in [5.41, 5.74) is 6.95. The average molecular weight is 651 g/mol. The fourth-order valence-corrected chi connectivity index (χ4v) is 7.33. The van der Waals surface area contributed by atoms with Gasteiger partial charge >= 0.3 is 0 Å². The minimum absolute atomic E-state index is 0.541. The Morgan fingerprint density at radius 3 is 1.49 bits per heavy atom. The Balaban J connectivity index is 1.25.